The molecule has 3 atom stereocenters. The second-order valence-electron chi connectivity index (χ2n) is 6.44. The highest BCUT2D eigenvalue weighted by molar-refractivity contribution is 7.88. The molecule has 1 aromatic rings. The molecule has 0 saturated carbocycles. The maximum atomic E-state index is 12.6. The first-order valence-electron chi connectivity index (χ1n) is 7.74. The molecule has 2 aliphatic heterocycles. The lowest BCUT2D eigenvalue weighted by Crippen LogP contribution is -2.47. The normalized spacial score (nSPS) is 27.9. The van der Waals surface area contributed by atoms with Gasteiger partial charge in [0.25, 0.3) is 5.91 Å². The van der Waals surface area contributed by atoms with Gasteiger partial charge in [-0.15, -0.1) is 11.3 Å². The SMILES string of the molecule is Cc1csc(C(=O)N2CC[C@H]3CO[C@H](CNS(C)(=O)=O)[C@H]3C2)c1. The van der Waals surface area contributed by atoms with Crippen LogP contribution in [0.15, 0.2) is 11.4 Å². The van der Waals surface area contributed by atoms with Crippen LogP contribution in [0.1, 0.15) is 21.7 Å². The van der Waals surface area contributed by atoms with E-state index in [0.717, 1.165) is 29.7 Å². The predicted molar refractivity (Wildman–Crippen MR) is 89.1 cm³/mol. The molecule has 2 saturated heterocycles. The highest BCUT2D eigenvalue weighted by atomic mass is 32.2. The van der Waals surface area contributed by atoms with Crippen LogP contribution in [0.3, 0.4) is 0 Å². The van der Waals surface area contributed by atoms with Gasteiger partial charge in [-0.25, -0.2) is 13.1 Å². The number of ether oxygens (including phenoxy) is 1. The highest BCUT2D eigenvalue weighted by Crippen LogP contribution is 2.34. The highest BCUT2D eigenvalue weighted by Gasteiger charge is 2.42. The van der Waals surface area contributed by atoms with E-state index in [0.29, 0.717) is 19.1 Å². The average molecular weight is 358 g/mol. The number of nitrogens with zero attached hydrogens (tertiary/aromatic N) is 1. The number of rotatable bonds is 4. The Hall–Kier alpha value is -0.960. The Kier molecular flexibility index (Phi) is 4.78. The number of hydrogen-bond donors (Lipinski definition) is 1. The molecule has 0 spiro atoms. The van der Waals surface area contributed by atoms with Crippen molar-refractivity contribution < 1.29 is 17.9 Å². The molecule has 3 heterocycles. The third kappa shape index (κ3) is 3.93. The van der Waals surface area contributed by atoms with E-state index in [1.807, 2.05) is 23.3 Å². The van der Waals surface area contributed by atoms with E-state index in [-0.39, 0.29) is 24.5 Å². The minimum Gasteiger partial charge on any atom is -0.376 e. The molecule has 0 radical (unpaired) electrons. The molecule has 1 amide bonds. The van der Waals surface area contributed by atoms with E-state index in [2.05, 4.69) is 4.72 Å². The second kappa shape index (κ2) is 6.51. The summed E-state index contributed by atoms with van der Waals surface area (Å²) < 4.78 is 30.8. The largest absolute Gasteiger partial charge is 0.376 e. The number of carbonyl (C=O) groups excluding carboxylic acids is 1. The van der Waals surface area contributed by atoms with E-state index in [1.54, 1.807) is 0 Å². The Morgan fingerprint density at radius 3 is 2.96 bits per heavy atom. The minimum absolute atomic E-state index is 0.0725. The van der Waals surface area contributed by atoms with Crippen LogP contribution in [-0.4, -0.2) is 57.8 Å². The van der Waals surface area contributed by atoms with Crippen molar-refractivity contribution in [2.24, 2.45) is 11.8 Å². The second-order valence-corrected chi connectivity index (χ2v) is 9.19. The van der Waals surface area contributed by atoms with Crippen LogP contribution < -0.4 is 4.72 Å². The van der Waals surface area contributed by atoms with E-state index < -0.39 is 10.0 Å². The fourth-order valence-corrected chi connectivity index (χ4v) is 4.69. The van der Waals surface area contributed by atoms with Crippen LogP contribution >= 0.6 is 11.3 Å². The van der Waals surface area contributed by atoms with Gasteiger partial charge in [0, 0.05) is 25.6 Å². The van der Waals surface area contributed by atoms with Crippen molar-refractivity contribution in [2.45, 2.75) is 19.4 Å². The van der Waals surface area contributed by atoms with Crippen molar-refractivity contribution >= 4 is 27.3 Å². The number of fused-ring (bicyclic) bond motifs is 1. The first kappa shape index (κ1) is 16.9. The standard InChI is InChI=1S/C15H22N2O4S2/c1-10-5-14(22-9-10)15(18)17-4-3-11-8-21-13(12(11)7-17)6-16-23(2,19)20/h5,9,11-13,16H,3-4,6-8H2,1-2H3/t11-,12-,13+/m0/s1. The van der Waals surface area contributed by atoms with Crippen molar-refractivity contribution in [3.8, 4) is 0 Å². The molecule has 2 aliphatic rings. The zero-order chi connectivity index (χ0) is 16.6. The maximum absolute atomic E-state index is 12.6. The lowest BCUT2D eigenvalue weighted by atomic mass is 9.84. The number of nitrogens with one attached hydrogen (secondary N) is 1. The molecule has 1 aromatic heterocycles. The molecule has 3 rings (SSSR count). The number of hydrogen-bond acceptors (Lipinski definition) is 5. The van der Waals surface area contributed by atoms with Gasteiger partial charge in [0.15, 0.2) is 0 Å². The van der Waals surface area contributed by atoms with Gasteiger partial charge in [-0.05, 0) is 36.3 Å². The van der Waals surface area contributed by atoms with Gasteiger partial charge in [0.1, 0.15) is 0 Å². The summed E-state index contributed by atoms with van der Waals surface area (Å²) >= 11 is 1.48. The van der Waals surface area contributed by atoms with Crippen LogP contribution in [0.5, 0.6) is 0 Å². The van der Waals surface area contributed by atoms with Crippen molar-refractivity contribution in [1.82, 2.24) is 9.62 Å². The summed E-state index contributed by atoms with van der Waals surface area (Å²) in [5.74, 6) is 0.682. The number of likely N-dealkylation sites (tertiary alicyclic amines) is 1. The zero-order valence-corrected chi connectivity index (χ0v) is 15.0. The van der Waals surface area contributed by atoms with Crippen molar-refractivity contribution in [1.29, 1.82) is 0 Å². The van der Waals surface area contributed by atoms with Gasteiger partial charge < -0.3 is 9.64 Å². The van der Waals surface area contributed by atoms with Crippen molar-refractivity contribution in [3.05, 3.63) is 21.9 Å². The van der Waals surface area contributed by atoms with Crippen LogP contribution in [0.4, 0.5) is 0 Å². The molecular weight excluding hydrogens is 336 g/mol. The summed E-state index contributed by atoms with van der Waals surface area (Å²) in [6, 6.07) is 1.92. The van der Waals surface area contributed by atoms with E-state index in [9.17, 15) is 13.2 Å². The summed E-state index contributed by atoms with van der Waals surface area (Å²) in [4.78, 5) is 15.3. The molecule has 0 bridgehead atoms. The lowest BCUT2D eigenvalue weighted by Gasteiger charge is -2.35. The Labute approximate surface area is 140 Å². The minimum atomic E-state index is -3.23. The van der Waals surface area contributed by atoms with Gasteiger partial charge in [-0.2, -0.15) is 0 Å². The molecule has 0 aliphatic carbocycles. The Balaban J connectivity index is 1.65. The number of sulfonamides is 1. The Bertz CT molecular complexity index is 685. The fourth-order valence-electron chi connectivity index (χ4n) is 3.36. The van der Waals surface area contributed by atoms with E-state index in [4.69, 9.17) is 4.74 Å². The molecule has 2 fully saturated rings. The van der Waals surface area contributed by atoms with Crippen LogP contribution in [0.25, 0.3) is 0 Å². The van der Waals surface area contributed by atoms with E-state index in [1.165, 1.54) is 11.3 Å². The van der Waals surface area contributed by atoms with Crippen LogP contribution in [-0.2, 0) is 14.8 Å². The first-order valence-corrected chi connectivity index (χ1v) is 10.5. The summed E-state index contributed by atoms with van der Waals surface area (Å²) in [6.45, 7) is 4.29. The Morgan fingerprint density at radius 1 is 1.52 bits per heavy atom. The molecule has 23 heavy (non-hydrogen) atoms. The third-order valence-corrected chi connectivity index (χ3v) is 6.31. The van der Waals surface area contributed by atoms with Crippen LogP contribution in [0, 0.1) is 18.8 Å². The number of carbonyl (C=O) groups is 1. The van der Waals surface area contributed by atoms with Gasteiger partial charge >= 0.3 is 0 Å². The summed E-state index contributed by atoms with van der Waals surface area (Å²) in [5, 5.41) is 1.98. The van der Waals surface area contributed by atoms with Gasteiger partial charge in [-0.3, -0.25) is 4.79 Å². The fraction of sp³-hybridized carbons (Fsp3) is 0.667. The summed E-state index contributed by atoms with van der Waals surface area (Å²) in [7, 11) is -3.23. The number of aryl methyl sites for hydroxylation is 1. The molecule has 0 unspecified atom stereocenters. The quantitative estimate of drug-likeness (QED) is 0.874. The Morgan fingerprint density at radius 2 is 2.30 bits per heavy atom. The van der Waals surface area contributed by atoms with E-state index >= 15 is 0 Å². The van der Waals surface area contributed by atoms with Gasteiger partial charge in [-0.1, -0.05) is 0 Å². The smallest absolute Gasteiger partial charge is 0.263 e. The molecule has 128 valence electrons. The third-order valence-electron chi connectivity index (χ3n) is 4.58. The number of amides is 1. The van der Waals surface area contributed by atoms with Gasteiger partial charge in [0.05, 0.1) is 23.8 Å². The predicted octanol–water partition coefficient (Wildman–Crippen LogP) is 1.08. The lowest BCUT2D eigenvalue weighted by molar-refractivity contribution is 0.0567. The number of thiophene rings is 1. The molecule has 1 N–H and O–H groups in total. The van der Waals surface area contributed by atoms with Crippen LogP contribution in [0.2, 0.25) is 0 Å². The monoisotopic (exact) mass is 358 g/mol. The summed E-state index contributed by atoms with van der Waals surface area (Å²) in [6.07, 6.45) is 1.90. The van der Waals surface area contributed by atoms with Crippen molar-refractivity contribution in [3.63, 3.8) is 0 Å². The van der Waals surface area contributed by atoms with Crippen molar-refractivity contribution in [2.75, 3.05) is 32.5 Å². The average Bonchev–Trinajstić information content (AvgIpc) is 3.09. The molecule has 0 aromatic carbocycles. The first-order chi connectivity index (χ1) is 10.8. The summed E-state index contributed by atoms with van der Waals surface area (Å²) in [5.41, 5.74) is 1.10. The zero-order valence-electron chi connectivity index (χ0n) is 13.3. The maximum Gasteiger partial charge on any atom is 0.263 e. The molecule has 6 nitrogen and oxygen atoms in total. The topological polar surface area (TPSA) is 75.7 Å². The van der Waals surface area contributed by atoms with Gasteiger partial charge in [0.2, 0.25) is 10.0 Å². The molecule has 8 heteroatoms. The molecular formula is C15H22N2O4S2. The number of piperidine rings is 1.